The van der Waals surface area contributed by atoms with E-state index in [4.69, 9.17) is 4.74 Å². The van der Waals surface area contributed by atoms with Crippen LogP contribution < -0.4 is 10.0 Å². The van der Waals surface area contributed by atoms with Crippen LogP contribution in [0.25, 0.3) is 0 Å². The lowest BCUT2D eigenvalue weighted by molar-refractivity contribution is -0.128. The molecule has 2 aromatic carbocycles. The van der Waals surface area contributed by atoms with Crippen molar-refractivity contribution in [3.8, 4) is 0 Å². The zero-order valence-corrected chi connectivity index (χ0v) is 16.2. The van der Waals surface area contributed by atoms with E-state index in [-0.39, 0.29) is 16.1 Å². The summed E-state index contributed by atoms with van der Waals surface area (Å²) < 4.78 is 32.4. The molecule has 0 spiro atoms. The molecule has 8 heteroatoms. The first-order valence-corrected chi connectivity index (χ1v) is 9.89. The topological polar surface area (TPSA) is 102 Å². The number of amides is 1. The Bertz CT molecular complexity index is 923. The van der Waals surface area contributed by atoms with Crippen LogP contribution >= 0.6 is 0 Å². The molecule has 0 bridgehead atoms. The molecule has 0 saturated heterocycles. The fourth-order valence-corrected chi connectivity index (χ4v) is 3.29. The number of anilines is 1. The van der Waals surface area contributed by atoms with Gasteiger partial charge < -0.3 is 10.1 Å². The predicted octanol–water partition coefficient (Wildman–Crippen LogP) is 2.48. The van der Waals surface area contributed by atoms with Gasteiger partial charge in [0.15, 0.2) is 6.10 Å². The van der Waals surface area contributed by atoms with Gasteiger partial charge in [0.2, 0.25) is 0 Å². The average molecular weight is 390 g/mol. The second kappa shape index (κ2) is 8.68. The van der Waals surface area contributed by atoms with Crippen LogP contribution in [0.2, 0.25) is 0 Å². The Kier molecular flexibility index (Phi) is 6.57. The maximum atomic E-state index is 12.5. The molecule has 144 valence electrons. The molecule has 0 radical (unpaired) electrons. The second-order valence-electron chi connectivity index (χ2n) is 5.94. The molecule has 2 N–H and O–H groups in total. The predicted molar refractivity (Wildman–Crippen MR) is 102 cm³/mol. The number of hydrogen-bond acceptors (Lipinski definition) is 5. The minimum absolute atomic E-state index is 0.117. The van der Waals surface area contributed by atoms with Gasteiger partial charge in [-0.25, -0.2) is 13.2 Å². The average Bonchev–Trinajstić information content (AvgIpc) is 2.62. The van der Waals surface area contributed by atoms with Crippen molar-refractivity contribution in [2.75, 3.05) is 11.3 Å². The molecular weight excluding hydrogens is 368 g/mol. The van der Waals surface area contributed by atoms with Gasteiger partial charge in [0.1, 0.15) is 0 Å². The van der Waals surface area contributed by atoms with Gasteiger partial charge >= 0.3 is 5.97 Å². The summed E-state index contributed by atoms with van der Waals surface area (Å²) in [6, 6.07) is 12.3. The standard InChI is InChI=1S/C19H22N2O5S/c1-4-20-18(22)14(3)26-19(23)15-6-5-7-16(12-15)21-27(24,25)17-10-8-13(2)9-11-17/h5-12,14,21H,4H2,1-3H3,(H,20,22)/t14-/m0/s1. The van der Waals surface area contributed by atoms with Gasteiger partial charge in [0.25, 0.3) is 15.9 Å². The third-order valence-electron chi connectivity index (χ3n) is 3.69. The molecule has 1 amide bonds. The van der Waals surface area contributed by atoms with Crippen molar-refractivity contribution >= 4 is 27.6 Å². The van der Waals surface area contributed by atoms with Crippen molar-refractivity contribution in [1.29, 1.82) is 0 Å². The molecule has 0 saturated carbocycles. The summed E-state index contributed by atoms with van der Waals surface area (Å²) in [5, 5.41) is 2.56. The maximum Gasteiger partial charge on any atom is 0.338 e. The molecule has 0 aliphatic carbocycles. The van der Waals surface area contributed by atoms with E-state index in [1.165, 1.54) is 43.3 Å². The summed E-state index contributed by atoms with van der Waals surface area (Å²) in [5.41, 5.74) is 1.30. The first-order chi connectivity index (χ1) is 12.7. The highest BCUT2D eigenvalue weighted by Crippen LogP contribution is 2.18. The lowest BCUT2D eigenvalue weighted by Gasteiger charge is -2.13. The summed E-state index contributed by atoms with van der Waals surface area (Å²) >= 11 is 0. The van der Waals surface area contributed by atoms with E-state index < -0.39 is 28.0 Å². The van der Waals surface area contributed by atoms with E-state index in [0.29, 0.717) is 6.54 Å². The van der Waals surface area contributed by atoms with E-state index in [0.717, 1.165) is 5.56 Å². The first kappa shape index (κ1) is 20.4. The van der Waals surface area contributed by atoms with Gasteiger partial charge in [-0.15, -0.1) is 0 Å². The van der Waals surface area contributed by atoms with Crippen molar-refractivity contribution < 1.29 is 22.7 Å². The molecule has 0 fully saturated rings. The summed E-state index contributed by atoms with van der Waals surface area (Å²) in [5.74, 6) is -1.12. The first-order valence-electron chi connectivity index (χ1n) is 8.41. The van der Waals surface area contributed by atoms with Crippen LogP contribution in [-0.2, 0) is 19.6 Å². The van der Waals surface area contributed by atoms with Crippen LogP contribution in [0.5, 0.6) is 0 Å². The number of aryl methyl sites for hydroxylation is 1. The number of hydrogen-bond donors (Lipinski definition) is 2. The number of carbonyl (C=O) groups excluding carboxylic acids is 2. The highest BCUT2D eigenvalue weighted by atomic mass is 32.2. The van der Waals surface area contributed by atoms with E-state index >= 15 is 0 Å². The van der Waals surface area contributed by atoms with Gasteiger partial charge in [0, 0.05) is 12.2 Å². The minimum atomic E-state index is -3.78. The van der Waals surface area contributed by atoms with Crippen molar-refractivity contribution in [3.63, 3.8) is 0 Å². The zero-order valence-electron chi connectivity index (χ0n) is 15.4. The van der Waals surface area contributed by atoms with Crippen LogP contribution in [0.4, 0.5) is 5.69 Å². The number of sulfonamides is 1. The second-order valence-corrected chi connectivity index (χ2v) is 7.62. The van der Waals surface area contributed by atoms with Gasteiger partial charge in [-0.2, -0.15) is 0 Å². The van der Waals surface area contributed by atoms with Crippen molar-refractivity contribution in [3.05, 3.63) is 59.7 Å². The molecule has 27 heavy (non-hydrogen) atoms. The smallest absolute Gasteiger partial charge is 0.338 e. The van der Waals surface area contributed by atoms with E-state index in [1.54, 1.807) is 19.1 Å². The van der Waals surface area contributed by atoms with Crippen molar-refractivity contribution in [1.82, 2.24) is 5.32 Å². The van der Waals surface area contributed by atoms with Crippen molar-refractivity contribution in [2.24, 2.45) is 0 Å². The normalized spacial score (nSPS) is 12.1. The van der Waals surface area contributed by atoms with Crippen LogP contribution in [0.15, 0.2) is 53.4 Å². The molecule has 0 unspecified atom stereocenters. The van der Waals surface area contributed by atoms with E-state index in [1.807, 2.05) is 6.92 Å². The number of esters is 1. The number of likely N-dealkylation sites (N-methyl/N-ethyl adjacent to an activating group) is 1. The van der Waals surface area contributed by atoms with Gasteiger partial charge in [-0.05, 0) is 51.1 Å². The van der Waals surface area contributed by atoms with Gasteiger partial charge in [0.05, 0.1) is 10.5 Å². The number of ether oxygens (including phenoxy) is 1. The van der Waals surface area contributed by atoms with E-state index in [9.17, 15) is 18.0 Å². The Morgan fingerprint density at radius 1 is 1.11 bits per heavy atom. The van der Waals surface area contributed by atoms with E-state index in [2.05, 4.69) is 10.0 Å². The van der Waals surface area contributed by atoms with Crippen LogP contribution in [0, 0.1) is 6.92 Å². The monoisotopic (exact) mass is 390 g/mol. The highest BCUT2D eigenvalue weighted by molar-refractivity contribution is 7.92. The lowest BCUT2D eigenvalue weighted by atomic mass is 10.2. The Labute approximate surface area is 158 Å². The van der Waals surface area contributed by atoms with Gasteiger partial charge in [-0.3, -0.25) is 9.52 Å². The SMILES string of the molecule is CCNC(=O)[C@H](C)OC(=O)c1cccc(NS(=O)(=O)c2ccc(C)cc2)c1. The summed E-state index contributed by atoms with van der Waals surface area (Å²) in [7, 11) is -3.78. The Morgan fingerprint density at radius 3 is 2.41 bits per heavy atom. The largest absolute Gasteiger partial charge is 0.449 e. The fraction of sp³-hybridized carbons (Fsp3) is 0.263. The Balaban J connectivity index is 2.14. The van der Waals surface area contributed by atoms with Crippen LogP contribution in [0.3, 0.4) is 0 Å². The zero-order chi connectivity index (χ0) is 20.0. The quantitative estimate of drug-likeness (QED) is 0.707. The number of benzene rings is 2. The molecule has 0 aliphatic heterocycles. The number of nitrogens with one attached hydrogen (secondary N) is 2. The third-order valence-corrected chi connectivity index (χ3v) is 5.08. The number of rotatable bonds is 7. The van der Waals surface area contributed by atoms with Crippen LogP contribution in [-0.4, -0.2) is 32.9 Å². The summed E-state index contributed by atoms with van der Waals surface area (Å²) in [6.07, 6.45) is -0.953. The Hall–Kier alpha value is -2.87. The Morgan fingerprint density at radius 2 is 1.78 bits per heavy atom. The molecular formula is C19H22N2O5S. The molecule has 2 rings (SSSR count). The van der Waals surface area contributed by atoms with Crippen molar-refractivity contribution in [2.45, 2.75) is 31.8 Å². The third kappa shape index (κ3) is 5.55. The molecule has 0 heterocycles. The summed E-state index contributed by atoms with van der Waals surface area (Å²) in [6.45, 7) is 5.51. The molecule has 2 aromatic rings. The molecule has 0 aromatic heterocycles. The molecule has 7 nitrogen and oxygen atoms in total. The fourth-order valence-electron chi connectivity index (χ4n) is 2.24. The van der Waals surface area contributed by atoms with Crippen LogP contribution in [0.1, 0.15) is 29.8 Å². The summed E-state index contributed by atoms with van der Waals surface area (Å²) in [4.78, 5) is 24.0. The number of carbonyl (C=O) groups is 2. The highest BCUT2D eigenvalue weighted by Gasteiger charge is 2.19. The van der Waals surface area contributed by atoms with Gasteiger partial charge in [-0.1, -0.05) is 23.8 Å². The molecule has 0 aliphatic rings. The molecule has 1 atom stereocenters. The minimum Gasteiger partial charge on any atom is -0.449 e. The maximum absolute atomic E-state index is 12.5. The lowest BCUT2D eigenvalue weighted by Crippen LogP contribution is -2.35.